The molecule has 0 saturated heterocycles. The maximum atomic E-state index is 11.8. The van der Waals surface area contributed by atoms with Crippen LogP contribution >= 0.6 is 15.9 Å². The van der Waals surface area contributed by atoms with Gasteiger partial charge in [-0.25, -0.2) is 5.43 Å². The van der Waals surface area contributed by atoms with Crippen molar-refractivity contribution in [3.63, 3.8) is 0 Å². The van der Waals surface area contributed by atoms with Gasteiger partial charge in [0, 0.05) is 0 Å². The molecule has 0 atom stereocenters. The van der Waals surface area contributed by atoms with Gasteiger partial charge in [-0.3, -0.25) is 4.79 Å². The number of hydrogen-bond acceptors (Lipinski definition) is 3. The van der Waals surface area contributed by atoms with Crippen LogP contribution in [-0.4, -0.2) is 18.7 Å². The van der Waals surface area contributed by atoms with Crippen LogP contribution in [0.3, 0.4) is 0 Å². The Balaban J connectivity index is 1.85. The molecule has 0 aliphatic heterocycles. The highest BCUT2D eigenvalue weighted by atomic mass is 79.9. The molecule has 0 bridgehead atoms. The van der Waals surface area contributed by atoms with Gasteiger partial charge < -0.3 is 4.74 Å². The number of carbonyl (C=O) groups excluding carboxylic acids is 1. The Labute approximate surface area is 144 Å². The van der Waals surface area contributed by atoms with E-state index in [0.29, 0.717) is 5.75 Å². The number of nitrogens with zero attached hydrogens (tertiary/aromatic N) is 1. The number of benzene rings is 2. The van der Waals surface area contributed by atoms with E-state index < -0.39 is 0 Å². The summed E-state index contributed by atoms with van der Waals surface area (Å²) < 4.78 is 6.33. The maximum absolute atomic E-state index is 11.8. The SMILES string of the molecule is CCc1ccc(OCC(=O)N/N=C/c2ccccc2C)c(Br)c1. The van der Waals surface area contributed by atoms with E-state index in [-0.39, 0.29) is 12.5 Å². The fourth-order valence-electron chi connectivity index (χ4n) is 1.96. The van der Waals surface area contributed by atoms with Gasteiger partial charge in [0.1, 0.15) is 5.75 Å². The highest BCUT2D eigenvalue weighted by molar-refractivity contribution is 9.10. The second-order valence-corrected chi connectivity index (χ2v) is 5.91. The molecule has 0 aliphatic rings. The molecule has 23 heavy (non-hydrogen) atoms. The number of carbonyl (C=O) groups is 1. The van der Waals surface area contributed by atoms with Gasteiger partial charge in [0.2, 0.25) is 0 Å². The first-order valence-electron chi connectivity index (χ1n) is 7.39. The lowest BCUT2D eigenvalue weighted by atomic mass is 10.1. The first-order valence-corrected chi connectivity index (χ1v) is 8.18. The third kappa shape index (κ3) is 5.21. The molecule has 5 heteroatoms. The van der Waals surface area contributed by atoms with Crippen molar-refractivity contribution in [3.8, 4) is 5.75 Å². The summed E-state index contributed by atoms with van der Waals surface area (Å²) in [7, 11) is 0. The Morgan fingerprint density at radius 3 is 2.78 bits per heavy atom. The molecule has 0 heterocycles. The molecule has 1 N–H and O–H groups in total. The van der Waals surface area contributed by atoms with E-state index in [2.05, 4.69) is 33.4 Å². The van der Waals surface area contributed by atoms with Crippen molar-refractivity contribution in [1.82, 2.24) is 5.43 Å². The Hall–Kier alpha value is -2.14. The number of nitrogens with one attached hydrogen (secondary N) is 1. The fourth-order valence-corrected chi connectivity index (χ4v) is 2.50. The van der Waals surface area contributed by atoms with Crippen molar-refractivity contribution < 1.29 is 9.53 Å². The minimum absolute atomic E-state index is 0.0881. The van der Waals surface area contributed by atoms with Gasteiger partial charge in [0.15, 0.2) is 6.61 Å². The number of rotatable bonds is 6. The van der Waals surface area contributed by atoms with Crippen LogP contribution in [0.2, 0.25) is 0 Å². The number of halogens is 1. The van der Waals surface area contributed by atoms with Gasteiger partial charge in [-0.15, -0.1) is 0 Å². The van der Waals surface area contributed by atoms with Crippen molar-refractivity contribution >= 4 is 28.1 Å². The van der Waals surface area contributed by atoms with E-state index in [1.807, 2.05) is 49.4 Å². The minimum Gasteiger partial charge on any atom is -0.483 e. The summed E-state index contributed by atoms with van der Waals surface area (Å²) in [6.07, 6.45) is 2.58. The van der Waals surface area contributed by atoms with Crippen molar-refractivity contribution in [1.29, 1.82) is 0 Å². The fraction of sp³-hybridized carbons (Fsp3) is 0.222. The summed E-state index contributed by atoms with van der Waals surface area (Å²) in [6.45, 7) is 3.99. The van der Waals surface area contributed by atoms with Gasteiger partial charge in [-0.05, 0) is 58.1 Å². The third-order valence-corrected chi connectivity index (χ3v) is 3.96. The van der Waals surface area contributed by atoms with E-state index in [1.165, 1.54) is 5.56 Å². The zero-order valence-electron chi connectivity index (χ0n) is 13.2. The van der Waals surface area contributed by atoms with E-state index >= 15 is 0 Å². The number of hydrazone groups is 1. The van der Waals surface area contributed by atoms with Gasteiger partial charge >= 0.3 is 0 Å². The summed E-state index contributed by atoms with van der Waals surface area (Å²) in [6, 6.07) is 13.6. The van der Waals surface area contributed by atoms with E-state index in [0.717, 1.165) is 22.0 Å². The second kappa shape index (κ2) is 8.48. The Morgan fingerprint density at radius 2 is 2.09 bits per heavy atom. The molecular formula is C18H19BrN2O2. The minimum atomic E-state index is -0.304. The van der Waals surface area contributed by atoms with Gasteiger partial charge in [0.25, 0.3) is 5.91 Å². The van der Waals surface area contributed by atoms with Crippen molar-refractivity contribution in [2.24, 2.45) is 5.10 Å². The second-order valence-electron chi connectivity index (χ2n) is 5.06. The molecule has 0 aliphatic carbocycles. The highest BCUT2D eigenvalue weighted by Crippen LogP contribution is 2.26. The molecule has 0 radical (unpaired) electrons. The van der Waals surface area contributed by atoms with Gasteiger partial charge in [-0.2, -0.15) is 5.10 Å². The molecule has 0 unspecified atom stereocenters. The summed E-state index contributed by atoms with van der Waals surface area (Å²) in [5.41, 5.74) is 5.73. The molecular weight excluding hydrogens is 356 g/mol. The van der Waals surface area contributed by atoms with Crippen LogP contribution in [-0.2, 0) is 11.2 Å². The zero-order valence-corrected chi connectivity index (χ0v) is 14.8. The molecule has 2 aromatic rings. The Bertz CT molecular complexity index is 714. The lowest BCUT2D eigenvalue weighted by molar-refractivity contribution is -0.123. The van der Waals surface area contributed by atoms with Crippen LogP contribution < -0.4 is 10.2 Å². The first-order chi connectivity index (χ1) is 11.1. The van der Waals surface area contributed by atoms with E-state index in [4.69, 9.17) is 4.74 Å². The summed E-state index contributed by atoms with van der Waals surface area (Å²) in [5.74, 6) is 0.335. The molecule has 4 nitrogen and oxygen atoms in total. The molecule has 120 valence electrons. The van der Waals surface area contributed by atoms with Crippen molar-refractivity contribution in [3.05, 3.63) is 63.6 Å². The van der Waals surface area contributed by atoms with Crippen LogP contribution in [0.1, 0.15) is 23.6 Å². The van der Waals surface area contributed by atoms with E-state index in [1.54, 1.807) is 6.21 Å². The quantitative estimate of drug-likeness (QED) is 0.616. The standard InChI is InChI=1S/C18H19BrN2O2/c1-3-14-8-9-17(16(19)10-14)23-12-18(22)21-20-11-15-7-5-4-6-13(15)2/h4-11H,3,12H2,1-2H3,(H,21,22)/b20-11+. The van der Waals surface area contributed by atoms with Gasteiger partial charge in [-0.1, -0.05) is 37.3 Å². The largest absolute Gasteiger partial charge is 0.483 e. The predicted molar refractivity (Wildman–Crippen MR) is 95.9 cm³/mol. The Morgan fingerprint density at radius 1 is 1.30 bits per heavy atom. The lowest BCUT2D eigenvalue weighted by Crippen LogP contribution is -2.24. The molecule has 0 spiro atoms. The predicted octanol–water partition coefficient (Wildman–Crippen LogP) is 3.85. The monoisotopic (exact) mass is 374 g/mol. The summed E-state index contributed by atoms with van der Waals surface area (Å²) >= 11 is 3.44. The number of ether oxygens (including phenoxy) is 1. The van der Waals surface area contributed by atoms with Crippen LogP contribution in [0.5, 0.6) is 5.75 Å². The Kier molecular flexibility index (Phi) is 6.35. The lowest BCUT2D eigenvalue weighted by Gasteiger charge is -2.08. The number of aryl methyl sites for hydroxylation is 2. The smallest absolute Gasteiger partial charge is 0.277 e. The zero-order chi connectivity index (χ0) is 16.7. The summed E-state index contributed by atoms with van der Waals surface area (Å²) in [5, 5.41) is 3.95. The molecule has 0 saturated carbocycles. The van der Waals surface area contributed by atoms with Crippen LogP contribution in [0, 0.1) is 6.92 Å². The number of hydrogen-bond donors (Lipinski definition) is 1. The molecule has 2 rings (SSSR count). The van der Waals surface area contributed by atoms with Crippen LogP contribution in [0.25, 0.3) is 0 Å². The summed E-state index contributed by atoms with van der Waals surface area (Å²) in [4.78, 5) is 11.8. The average molecular weight is 375 g/mol. The highest BCUT2D eigenvalue weighted by Gasteiger charge is 2.05. The molecule has 0 fully saturated rings. The first kappa shape index (κ1) is 17.2. The van der Waals surface area contributed by atoms with Crippen LogP contribution in [0.15, 0.2) is 52.0 Å². The topological polar surface area (TPSA) is 50.7 Å². The van der Waals surface area contributed by atoms with Crippen LogP contribution in [0.4, 0.5) is 0 Å². The maximum Gasteiger partial charge on any atom is 0.277 e. The van der Waals surface area contributed by atoms with E-state index in [9.17, 15) is 4.79 Å². The van der Waals surface area contributed by atoms with Crippen molar-refractivity contribution in [2.75, 3.05) is 6.61 Å². The van der Waals surface area contributed by atoms with Gasteiger partial charge in [0.05, 0.1) is 10.7 Å². The third-order valence-electron chi connectivity index (χ3n) is 3.34. The molecule has 0 aromatic heterocycles. The average Bonchev–Trinajstić information content (AvgIpc) is 2.55. The van der Waals surface area contributed by atoms with Crippen molar-refractivity contribution in [2.45, 2.75) is 20.3 Å². The number of amides is 1. The molecule has 2 aromatic carbocycles. The normalized spacial score (nSPS) is 10.7. The molecule has 1 amide bonds.